The molecule has 0 saturated carbocycles. The Bertz CT molecular complexity index is 530. The first kappa shape index (κ1) is 19.5. The van der Waals surface area contributed by atoms with Crippen LogP contribution in [0.5, 0.6) is 0 Å². The Labute approximate surface area is 142 Å². The summed E-state index contributed by atoms with van der Waals surface area (Å²) in [4.78, 5) is 24.0. The van der Waals surface area contributed by atoms with Crippen LogP contribution in [0.3, 0.4) is 0 Å². The van der Waals surface area contributed by atoms with E-state index < -0.39 is 11.5 Å². The van der Waals surface area contributed by atoms with Crippen LogP contribution in [0.15, 0.2) is 24.3 Å². The van der Waals surface area contributed by atoms with E-state index in [2.05, 4.69) is 5.32 Å². The van der Waals surface area contributed by atoms with Gasteiger partial charge in [0.15, 0.2) is 5.54 Å². The molecule has 0 aliphatic rings. The van der Waals surface area contributed by atoms with Gasteiger partial charge >= 0.3 is 5.97 Å². The second-order valence-corrected chi connectivity index (χ2v) is 6.08. The lowest BCUT2D eigenvalue weighted by atomic mass is 9.87. The third-order valence-electron chi connectivity index (χ3n) is 3.58. The molecule has 2 N–H and O–H groups in total. The fourth-order valence-corrected chi connectivity index (χ4v) is 2.41. The van der Waals surface area contributed by atoms with E-state index in [9.17, 15) is 14.7 Å². The van der Waals surface area contributed by atoms with Crippen LogP contribution in [0.25, 0.3) is 0 Å². The van der Waals surface area contributed by atoms with Crippen LogP contribution in [-0.2, 0) is 19.9 Å². The predicted molar refractivity (Wildman–Crippen MR) is 89.5 cm³/mol. The maximum Gasteiger partial charge on any atom is 0.334 e. The fourth-order valence-electron chi connectivity index (χ4n) is 2.28. The number of amides is 1. The molecule has 1 aromatic carbocycles. The summed E-state index contributed by atoms with van der Waals surface area (Å²) in [6, 6.07) is 6.49. The van der Waals surface area contributed by atoms with Gasteiger partial charge in [-0.2, -0.15) is 0 Å². The Morgan fingerprint density at radius 3 is 2.39 bits per heavy atom. The number of ether oxygens (including phenoxy) is 1. The standard InChI is InChI=1S/C17H24ClNO4/c1-4-17(16(21)22,13-7-9-14(18)10-8-13)19-15(20)6-5-11-23-12(2)3/h7-10,12H,4-6,11H2,1-3H3,(H,19,20)(H,21,22). The number of carboxylic acids is 1. The molecule has 0 heterocycles. The normalized spacial score (nSPS) is 13.6. The average molecular weight is 342 g/mol. The topological polar surface area (TPSA) is 75.6 Å². The molecule has 23 heavy (non-hydrogen) atoms. The third kappa shape index (κ3) is 5.52. The Morgan fingerprint density at radius 2 is 1.91 bits per heavy atom. The van der Waals surface area contributed by atoms with Gasteiger partial charge in [0.05, 0.1) is 6.10 Å². The molecule has 128 valence electrons. The molecule has 5 nitrogen and oxygen atoms in total. The zero-order valence-electron chi connectivity index (χ0n) is 13.8. The highest BCUT2D eigenvalue weighted by Gasteiger charge is 2.40. The van der Waals surface area contributed by atoms with Gasteiger partial charge < -0.3 is 15.2 Å². The maximum absolute atomic E-state index is 12.2. The molecule has 0 aliphatic heterocycles. The summed E-state index contributed by atoms with van der Waals surface area (Å²) in [7, 11) is 0. The van der Waals surface area contributed by atoms with E-state index in [0.29, 0.717) is 23.6 Å². The van der Waals surface area contributed by atoms with Crippen molar-refractivity contribution in [2.45, 2.75) is 51.7 Å². The number of carbonyl (C=O) groups excluding carboxylic acids is 1. The van der Waals surface area contributed by atoms with E-state index in [0.717, 1.165) is 0 Å². The van der Waals surface area contributed by atoms with E-state index in [1.54, 1.807) is 31.2 Å². The van der Waals surface area contributed by atoms with Crippen LogP contribution in [0.4, 0.5) is 0 Å². The fraction of sp³-hybridized carbons (Fsp3) is 0.529. The number of nitrogens with one attached hydrogen (secondary N) is 1. The number of hydrogen-bond acceptors (Lipinski definition) is 3. The number of carboxylic acid groups (broad SMARTS) is 1. The number of hydrogen-bond donors (Lipinski definition) is 2. The molecule has 0 bridgehead atoms. The summed E-state index contributed by atoms with van der Waals surface area (Å²) >= 11 is 5.85. The molecule has 1 aromatic rings. The summed E-state index contributed by atoms with van der Waals surface area (Å²) in [5.74, 6) is -1.40. The minimum absolute atomic E-state index is 0.112. The minimum Gasteiger partial charge on any atom is -0.479 e. The van der Waals surface area contributed by atoms with Crippen molar-refractivity contribution in [3.8, 4) is 0 Å². The van der Waals surface area contributed by atoms with Crippen molar-refractivity contribution in [2.24, 2.45) is 0 Å². The summed E-state index contributed by atoms with van der Waals surface area (Å²) in [5.41, 5.74) is -0.940. The van der Waals surface area contributed by atoms with Gasteiger partial charge in [-0.3, -0.25) is 4.79 Å². The number of aliphatic carboxylic acids is 1. The largest absolute Gasteiger partial charge is 0.479 e. The highest BCUT2D eigenvalue weighted by molar-refractivity contribution is 6.30. The Kier molecular flexibility index (Phi) is 7.52. The molecular formula is C17H24ClNO4. The molecule has 1 rings (SSSR count). The minimum atomic E-state index is -1.44. The lowest BCUT2D eigenvalue weighted by molar-refractivity contribution is -0.148. The van der Waals surface area contributed by atoms with E-state index in [1.165, 1.54) is 0 Å². The van der Waals surface area contributed by atoms with Gasteiger partial charge in [-0.05, 0) is 44.4 Å². The zero-order valence-corrected chi connectivity index (χ0v) is 14.5. The molecule has 0 radical (unpaired) electrons. The third-order valence-corrected chi connectivity index (χ3v) is 3.84. The van der Waals surface area contributed by atoms with Gasteiger partial charge in [-0.1, -0.05) is 30.7 Å². The molecule has 0 aliphatic carbocycles. The van der Waals surface area contributed by atoms with Crippen molar-refractivity contribution in [1.29, 1.82) is 0 Å². The van der Waals surface area contributed by atoms with Gasteiger partial charge in [-0.25, -0.2) is 4.79 Å². The van der Waals surface area contributed by atoms with Crippen molar-refractivity contribution < 1.29 is 19.4 Å². The molecule has 6 heteroatoms. The maximum atomic E-state index is 12.2. The summed E-state index contributed by atoms with van der Waals surface area (Å²) in [5, 5.41) is 12.8. The van der Waals surface area contributed by atoms with Crippen molar-refractivity contribution in [3.63, 3.8) is 0 Å². The molecule has 0 saturated heterocycles. The molecule has 0 spiro atoms. The smallest absolute Gasteiger partial charge is 0.334 e. The van der Waals surface area contributed by atoms with Gasteiger partial charge in [0.25, 0.3) is 0 Å². The quantitative estimate of drug-likeness (QED) is 0.675. The van der Waals surface area contributed by atoms with Crippen molar-refractivity contribution in [3.05, 3.63) is 34.9 Å². The lowest BCUT2D eigenvalue weighted by Gasteiger charge is -2.30. The van der Waals surface area contributed by atoms with Crippen LogP contribution in [0.1, 0.15) is 45.6 Å². The lowest BCUT2D eigenvalue weighted by Crippen LogP contribution is -2.51. The number of carbonyl (C=O) groups is 2. The molecular weight excluding hydrogens is 318 g/mol. The monoisotopic (exact) mass is 341 g/mol. The van der Waals surface area contributed by atoms with Gasteiger partial charge in [0.1, 0.15) is 0 Å². The van der Waals surface area contributed by atoms with Gasteiger partial charge in [-0.15, -0.1) is 0 Å². The first-order chi connectivity index (χ1) is 10.8. The van der Waals surface area contributed by atoms with E-state index in [4.69, 9.17) is 16.3 Å². The van der Waals surface area contributed by atoms with E-state index >= 15 is 0 Å². The molecule has 1 atom stereocenters. The van der Waals surface area contributed by atoms with Crippen molar-refractivity contribution in [1.82, 2.24) is 5.32 Å². The van der Waals surface area contributed by atoms with Gasteiger partial charge in [0, 0.05) is 18.1 Å². The van der Waals surface area contributed by atoms with Gasteiger partial charge in [0.2, 0.25) is 5.91 Å². The van der Waals surface area contributed by atoms with Crippen molar-refractivity contribution in [2.75, 3.05) is 6.61 Å². The highest BCUT2D eigenvalue weighted by atomic mass is 35.5. The van der Waals surface area contributed by atoms with Crippen molar-refractivity contribution >= 4 is 23.5 Å². The first-order valence-electron chi connectivity index (χ1n) is 7.74. The SMILES string of the molecule is CCC(NC(=O)CCCOC(C)C)(C(=O)O)c1ccc(Cl)cc1. The highest BCUT2D eigenvalue weighted by Crippen LogP contribution is 2.27. The number of benzene rings is 1. The van der Waals surface area contributed by atoms with Crippen LogP contribution < -0.4 is 5.32 Å². The van der Waals surface area contributed by atoms with Crippen LogP contribution in [0.2, 0.25) is 5.02 Å². The Hall–Kier alpha value is -1.59. The summed E-state index contributed by atoms with van der Waals surface area (Å²) < 4.78 is 5.38. The first-order valence-corrected chi connectivity index (χ1v) is 8.11. The van der Waals surface area contributed by atoms with Crippen LogP contribution in [-0.4, -0.2) is 29.7 Å². The van der Waals surface area contributed by atoms with E-state index in [1.807, 2.05) is 13.8 Å². The molecule has 1 amide bonds. The summed E-state index contributed by atoms with van der Waals surface area (Å²) in [6.45, 7) is 6.05. The molecule has 1 unspecified atom stereocenters. The van der Waals surface area contributed by atoms with E-state index in [-0.39, 0.29) is 24.9 Å². The van der Waals surface area contributed by atoms with Crippen LogP contribution >= 0.6 is 11.6 Å². The Morgan fingerprint density at radius 1 is 1.30 bits per heavy atom. The van der Waals surface area contributed by atoms with Crippen LogP contribution in [0, 0.1) is 0 Å². The Balaban J connectivity index is 2.80. The molecule has 0 fully saturated rings. The second-order valence-electron chi connectivity index (χ2n) is 5.64. The number of halogens is 1. The predicted octanol–water partition coefficient (Wildman–Crippen LogP) is 3.35. The molecule has 0 aromatic heterocycles. The summed E-state index contributed by atoms with van der Waals surface area (Å²) in [6.07, 6.45) is 1.11. The zero-order chi connectivity index (χ0) is 17.5. The average Bonchev–Trinajstić information content (AvgIpc) is 2.49. The second kappa shape index (κ2) is 8.89. The number of rotatable bonds is 9.